The third-order valence-electron chi connectivity index (χ3n) is 3.33. The molecule has 0 aromatic rings. The molecule has 1 saturated heterocycles. The molecule has 0 aromatic heterocycles. The maximum absolute atomic E-state index is 9.29. The van der Waals surface area contributed by atoms with E-state index in [1.165, 1.54) is 6.42 Å². The van der Waals surface area contributed by atoms with E-state index in [0.717, 1.165) is 32.6 Å². The number of rotatable bonds is 2. The van der Waals surface area contributed by atoms with Crippen LogP contribution < -0.4 is 5.32 Å². The zero-order valence-electron chi connectivity index (χ0n) is 7.38. The molecule has 0 bridgehead atoms. The molecule has 1 aliphatic heterocycles. The highest BCUT2D eigenvalue weighted by atomic mass is 16.5. The SMILES string of the molecule is OCC1(C2COCCN2)CCC1. The molecule has 1 heterocycles. The second-order valence-electron chi connectivity index (χ2n) is 3.96. The number of aliphatic hydroxyl groups is 1. The highest BCUT2D eigenvalue weighted by molar-refractivity contribution is 4.97. The van der Waals surface area contributed by atoms with Crippen LogP contribution in [0.1, 0.15) is 19.3 Å². The molecule has 0 amide bonds. The van der Waals surface area contributed by atoms with Crippen LogP contribution in [0.25, 0.3) is 0 Å². The van der Waals surface area contributed by atoms with E-state index < -0.39 is 0 Å². The molecule has 1 atom stereocenters. The summed E-state index contributed by atoms with van der Waals surface area (Å²) in [7, 11) is 0. The van der Waals surface area contributed by atoms with Crippen molar-refractivity contribution in [2.24, 2.45) is 5.41 Å². The second kappa shape index (κ2) is 3.32. The van der Waals surface area contributed by atoms with Gasteiger partial charge in [-0.3, -0.25) is 0 Å². The van der Waals surface area contributed by atoms with Gasteiger partial charge in [0.1, 0.15) is 0 Å². The van der Waals surface area contributed by atoms with Crippen molar-refractivity contribution in [3.05, 3.63) is 0 Å². The summed E-state index contributed by atoms with van der Waals surface area (Å²) in [5.74, 6) is 0. The predicted octanol–water partition coefficient (Wildman–Crippen LogP) is 0.137. The summed E-state index contributed by atoms with van der Waals surface area (Å²) >= 11 is 0. The van der Waals surface area contributed by atoms with Gasteiger partial charge in [0, 0.05) is 18.0 Å². The van der Waals surface area contributed by atoms with E-state index in [2.05, 4.69) is 5.32 Å². The molecule has 0 radical (unpaired) electrons. The van der Waals surface area contributed by atoms with E-state index in [4.69, 9.17) is 4.74 Å². The monoisotopic (exact) mass is 171 g/mol. The van der Waals surface area contributed by atoms with E-state index in [-0.39, 0.29) is 5.41 Å². The van der Waals surface area contributed by atoms with Crippen LogP contribution in [0.4, 0.5) is 0 Å². The van der Waals surface area contributed by atoms with Gasteiger partial charge < -0.3 is 15.2 Å². The van der Waals surface area contributed by atoms with Crippen molar-refractivity contribution in [2.45, 2.75) is 25.3 Å². The fourth-order valence-electron chi connectivity index (χ4n) is 2.21. The van der Waals surface area contributed by atoms with Crippen molar-refractivity contribution in [1.82, 2.24) is 5.32 Å². The Morgan fingerprint density at radius 3 is 2.75 bits per heavy atom. The van der Waals surface area contributed by atoms with Crippen molar-refractivity contribution >= 4 is 0 Å². The first kappa shape index (κ1) is 8.48. The van der Waals surface area contributed by atoms with Gasteiger partial charge in [-0.05, 0) is 12.8 Å². The molecule has 70 valence electrons. The normalized spacial score (nSPS) is 34.2. The zero-order chi connectivity index (χ0) is 8.44. The smallest absolute Gasteiger partial charge is 0.0626 e. The van der Waals surface area contributed by atoms with Crippen molar-refractivity contribution < 1.29 is 9.84 Å². The summed E-state index contributed by atoms with van der Waals surface area (Å²) in [4.78, 5) is 0. The third kappa shape index (κ3) is 1.26. The Labute approximate surface area is 73.1 Å². The van der Waals surface area contributed by atoms with Gasteiger partial charge in [0.15, 0.2) is 0 Å². The third-order valence-corrected chi connectivity index (χ3v) is 3.33. The first-order valence-corrected chi connectivity index (χ1v) is 4.79. The van der Waals surface area contributed by atoms with Crippen LogP contribution >= 0.6 is 0 Å². The van der Waals surface area contributed by atoms with Crippen LogP contribution in [-0.4, -0.2) is 37.5 Å². The van der Waals surface area contributed by atoms with Crippen LogP contribution in [-0.2, 0) is 4.74 Å². The Morgan fingerprint density at radius 1 is 1.50 bits per heavy atom. The van der Waals surface area contributed by atoms with Gasteiger partial charge in [0.05, 0.1) is 19.8 Å². The number of morpholine rings is 1. The van der Waals surface area contributed by atoms with Gasteiger partial charge in [-0.15, -0.1) is 0 Å². The summed E-state index contributed by atoms with van der Waals surface area (Å²) in [5, 5.41) is 12.7. The molecule has 1 aliphatic carbocycles. The lowest BCUT2D eigenvalue weighted by Crippen LogP contribution is -2.57. The fourth-order valence-corrected chi connectivity index (χ4v) is 2.21. The lowest BCUT2D eigenvalue weighted by atomic mass is 9.64. The molecular formula is C9H17NO2. The van der Waals surface area contributed by atoms with E-state index >= 15 is 0 Å². The maximum Gasteiger partial charge on any atom is 0.0626 e. The summed E-state index contributed by atoms with van der Waals surface area (Å²) in [6.07, 6.45) is 3.58. The van der Waals surface area contributed by atoms with Crippen molar-refractivity contribution in [1.29, 1.82) is 0 Å². The van der Waals surface area contributed by atoms with Gasteiger partial charge >= 0.3 is 0 Å². The molecule has 1 saturated carbocycles. The van der Waals surface area contributed by atoms with Gasteiger partial charge in [-0.2, -0.15) is 0 Å². The summed E-state index contributed by atoms with van der Waals surface area (Å²) in [6, 6.07) is 0.394. The van der Waals surface area contributed by atoms with Crippen molar-refractivity contribution in [3.63, 3.8) is 0 Å². The van der Waals surface area contributed by atoms with Gasteiger partial charge in [-0.1, -0.05) is 6.42 Å². The first-order chi connectivity index (χ1) is 5.87. The Morgan fingerprint density at radius 2 is 2.33 bits per heavy atom. The number of nitrogens with one attached hydrogen (secondary N) is 1. The largest absolute Gasteiger partial charge is 0.396 e. The van der Waals surface area contributed by atoms with E-state index in [1.54, 1.807) is 0 Å². The second-order valence-corrected chi connectivity index (χ2v) is 3.96. The van der Waals surface area contributed by atoms with E-state index in [1.807, 2.05) is 0 Å². The van der Waals surface area contributed by atoms with Crippen molar-refractivity contribution in [3.8, 4) is 0 Å². The minimum atomic E-state index is 0.153. The average molecular weight is 171 g/mol. The molecule has 2 fully saturated rings. The maximum atomic E-state index is 9.29. The molecule has 2 N–H and O–H groups in total. The minimum Gasteiger partial charge on any atom is -0.396 e. The van der Waals surface area contributed by atoms with E-state index in [9.17, 15) is 5.11 Å². The summed E-state index contributed by atoms with van der Waals surface area (Å²) < 4.78 is 5.39. The Hall–Kier alpha value is -0.120. The predicted molar refractivity (Wildman–Crippen MR) is 46.0 cm³/mol. The lowest BCUT2D eigenvalue weighted by Gasteiger charge is -2.48. The molecule has 2 rings (SSSR count). The molecule has 1 unspecified atom stereocenters. The Kier molecular flexibility index (Phi) is 2.35. The first-order valence-electron chi connectivity index (χ1n) is 4.79. The summed E-state index contributed by atoms with van der Waals surface area (Å²) in [6.45, 7) is 2.85. The van der Waals surface area contributed by atoms with Gasteiger partial charge in [0.25, 0.3) is 0 Å². The number of aliphatic hydroxyl groups excluding tert-OH is 1. The number of hydrogen-bond donors (Lipinski definition) is 2. The molecule has 3 heteroatoms. The quantitative estimate of drug-likeness (QED) is 0.621. The molecule has 12 heavy (non-hydrogen) atoms. The zero-order valence-corrected chi connectivity index (χ0v) is 7.38. The Balaban J connectivity index is 1.95. The van der Waals surface area contributed by atoms with Crippen molar-refractivity contribution in [2.75, 3.05) is 26.4 Å². The molecule has 2 aliphatic rings. The van der Waals surface area contributed by atoms with Crippen LogP contribution in [0.5, 0.6) is 0 Å². The molecular weight excluding hydrogens is 154 g/mol. The average Bonchev–Trinajstić information content (AvgIpc) is 2.05. The summed E-state index contributed by atoms with van der Waals surface area (Å²) in [5.41, 5.74) is 0.153. The van der Waals surface area contributed by atoms with Gasteiger partial charge in [0.2, 0.25) is 0 Å². The number of hydrogen-bond acceptors (Lipinski definition) is 3. The van der Waals surface area contributed by atoms with Crippen LogP contribution in [0, 0.1) is 5.41 Å². The molecule has 0 aromatic carbocycles. The Bertz CT molecular complexity index is 145. The lowest BCUT2D eigenvalue weighted by molar-refractivity contribution is -0.0482. The van der Waals surface area contributed by atoms with Gasteiger partial charge in [-0.25, -0.2) is 0 Å². The topological polar surface area (TPSA) is 41.5 Å². The van der Waals surface area contributed by atoms with E-state index in [0.29, 0.717) is 12.6 Å². The minimum absolute atomic E-state index is 0.153. The number of ether oxygens (including phenoxy) is 1. The highest BCUT2D eigenvalue weighted by Crippen LogP contribution is 2.43. The molecule has 0 spiro atoms. The molecule has 3 nitrogen and oxygen atoms in total. The van der Waals surface area contributed by atoms with Crippen LogP contribution in [0.3, 0.4) is 0 Å². The highest BCUT2D eigenvalue weighted by Gasteiger charge is 2.44. The van der Waals surface area contributed by atoms with Crippen LogP contribution in [0.15, 0.2) is 0 Å². The standard InChI is InChI=1S/C9H17NO2/c11-7-9(2-1-3-9)8-6-12-5-4-10-8/h8,10-11H,1-7H2. The fraction of sp³-hybridized carbons (Fsp3) is 1.00. The van der Waals surface area contributed by atoms with Crippen LogP contribution in [0.2, 0.25) is 0 Å².